The van der Waals surface area contributed by atoms with Crippen molar-refractivity contribution in [2.75, 3.05) is 6.54 Å². The lowest BCUT2D eigenvalue weighted by atomic mass is 9.85. The molecule has 0 spiro atoms. The molecule has 7 rings (SSSR count). The summed E-state index contributed by atoms with van der Waals surface area (Å²) in [6, 6.07) is 3.04. The van der Waals surface area contributed by atoms with E-state index >= 15 is 8.78 Å². The van der Waals surface area contributed by atoms with Gasteiger partial charge in [-0.3, -0.25) is 19.1 Å². The number of fused-ring (bicyclic) bond motifs is 5. The zero-order valence-corrected chi connectivity index (χ0v) is 34.5. The number of rotatable bonds is 7. The fourth-order valence-electron chi connectivity index (χ4n) is 8.12. The third-order valence-corrected chi connectivity index (χ3v) is 14.5. The van der Waals surface area contributed by atoms with Crippen LogP contribution in [0.5, 0.6) is 5.88 Å². The first kappa shape index (κ1) is 43.0. The fraction of sp³-hybridized carbons (Fsp3) is 0.625. The van der Waals surface area contributed by atoms with Crippen molar-refractivity contribution in [3.63, 3.8) is 0 Å². The maximum Gasteiger partial charge on any atom is 0.408 e. The first-order valence-electron chi connectivity index (χ1n) is 19.9. The molecule has 8 atom stereocenters. The minimum atomic E-state index is -4.33. The van der Waals surface area contributed by atoms with E-state index in [4.69, 9.17) is 9.47 Å². The van der Waals surface area contributed by atoms with Crippen molar-refractivity contribution in [1.82, 2.24) is 30.2 Å². The lowest BCUT2D eigenvalue weighted by molar-refractivity contribution is -0.144. The molecule has 0 unspecified atom stereocenters. The predicted octanol–water partition coefficient (Wildman–Crippen LogP) is 4.60. The molecule has 2 bridgehead atoms. The van der Waals surface area contributed by atoms with E-state index in [9.17, 15) is 41.6 Å². The molecular weight excluding hydrogens is 815 g/mol. The van der Waals surface area contributed by atoms with Gasteiger partial charge in [0.25, 0.3) is 5.91 Å². The molecule has 3 heterocycles. The lowest BCUT2D eigenvalue weighted by Gasteiger charge is -2.36. The van der Waals surface area contributed by atoms with E-state index in [0.29, 0.717) is 18.9 Å². The van der Waals surface area contributed by atoms with Gasteiger partial charge in [-0.05, 0) is 87.5 Å². The van der Waals surface area contributed by atoms with Gasteiger partial charge in [0.05, 0.1) is 39.9 Å². The molecule has 15 nitrogen and oxygen atoms in total. The molecule has 60 heavy (non-hydrogen) atoms. The summed E-state index contributed by atoms with van der Waals surface area (Å²) in [6.07, 6.45) is -3.04. The number of nitrogens with zero attached hydrogens (tertiary/aromatic N) is 4. The molecule has 1 aromatic carbocycles. The zero-order valence-electron chi connectivity index (χ0n) is 33.6. The summed E-state index contributed by atoms with van der Waals surface area (Å²) in [5.41, 5.74) is -4.08. The van der Waals surface area contributed by atoms with Crippen LogP contribution < -0.4 is 20.1 Å². The number of allylic oxidation sites excluding steroid dienone is 2. The first-order valence-corrected chi connectivity index (χ1v) is 21.4. The van der Waals surface area contributed by atoms with Crippen molar-refractivity contribution < 1.29 is 54.6 Å². The number of aromatic nitrogens is 2. The molecule has 20 heteroatoms. The highest BCUT2D eigenvalue weighted by atomic mass is 32.2. The standard InChI is InChI=1S/C40H47F4N7O8S/c1-6-22-27-19-51(28(22)32(52)49-39(17-23(39)31(41)42)35(54)50-60(56,57)38(5)13-14-38)34(53)30(37(2,3)4)48-36(55)59-26-16-21(26)9-7-8-12-40(43,44)29-33(58-27)47-25-15-20(18-45)10-11-24(25)46-29/h8,10-12,15,21-23,26-28,30-31H,6-7,9,13-14,16-17,19H2,1-5H3,(H,48,55)(H,49,52)(H,50,54)/t21-,22-,23+,26-,27+,28+,30-,39-/m1/s1. The van der Waals surface area contributed by atoms with Gasteiger partial charge in [0.2, 0.25) is 34.1 Å². The number of carbonyl (C=O) groups is 4. The third kappa shape index (κ3) is 8.08. The Kier molecular flexibility index (Phi) is 10.9. The SMILES string of the molecule is CC[C@@H]1[C@@H]2CN(C(=O)[C@H](C(C)(C)C)NC(=O)O[C@@H]3C[C@H]3CCC=CC(F)(F)c3nc4ccc(C#N)cc4nc3O2)[C@@H]1C(=O)N[C@]1(C(=O)NS(=O)(=O)C2(C)CC2)C[C@H]1C(F)F. The summed E-state index contributed by atoms with van der Waals surface area (Å²) >= 11 is 0. The Morgan fingerprint density at radius 1 is 1.12 bits per heavy atom. The quantitative estimate of drug-likeness (QED) is 0.259. The van der Waals surface area contributed by atoms with Gasteiger partial charge >= 0.3 is 12.0 Å². The van der Waals surface area contributed by atoms with Gasteiger partial charge in [0.1, 0.15) is 29.8 Å². The van der Waals surface area contributed by atoms with E-state index in [1.54, 1.807) is 27.7 Å². The van der Waals surface area contributed by atoms with E-state index in [0.717, 1.165) is 4.90 Å². The van der Waals surface area contributed by atoms with Crippen molar-refractivity contribution in [1.29, 1.82) is 5.26 Å². The molecule has 2 aliphatic heterocycles. The van der Waals surface area contributed by atoms with Crippen LogP contribution in [0, 0.1) is 34.5 Å². The van der Waals surface area contributed by atoms with Crippen LogP contribution in [0.2, 0.25) is 0 Å². The van der Waals surface area contributed by atoms with E-state index in [1.165, 1.54) is 31.2 Å². The van der Waals surface area contributed by atoms with Crippen LogP contribution >= 0.6 is 0 Å². The van der Waals surface area contributed by atoms with E-state index < -0.39 is 123 Å². The summed E-state index contributed by atoms with van der Waals surface area (Å²) in [6.45, 7) is 7.48. The summed E-state index contributed by atoms with van der Waals surface area (Å²) in [4.78, 5) is 66.0. The molecule has 3 aliphatic carbocycles. The van der Waals surface area contributed by atoms with Gasteiger partial charge in [-0.15, -0.1) is 0 Å². The molecule has 1 saturated heterocycles. The van der Waals surface area contributed by atoms with Crippen LogP contribution in [0.1, 0.15) is 90.8 Å². The van der Waals surface area contributed by atoms with Crippen LogP contribution in [0.3, 0.4) is 0 Å². The molecule has 324 valence electrons. The number of hydrogen-bond acceptors (Lipinski definition) is 11. The number of nitriles is 1. The van der Waals surface area contributed by atoms with Crippen LogP contribution in [-0.2, 0) is 35.1 Å². The van der Waals surface area contributed by atoms with Gasteiger partial charge in [-0.25, -0.2) is 32.0 Å². The topological polar surface area (TPSA) is 210 Å². The second kappa shape index (κ2) is 15.1. The summed E-state index contributed by atoms with van der Waals surface area (Å²) in [7, 11) is -4.33. The van der Waals surface area contributed by atoms with Crippen molar-refractivity contribution in [2.45, 2.75) is 126 Å². The molecule has 4 fully saturated rings. The van der Waals surface area contributed by atoms with Crippen LogP contribution in [0.4, 0.5) is 22.4 Å². The fourth-order valence-corrected chi connectivity index (χ4v) is 9.43. The molecule has 3 N–H and O–H groups in total. The van der Waals surface area contributed by atoms with Crippen molar-refractivity contribution in [2.24, 2.45) is 23.2 Å². The molecule has 1 aromatic heterocycles. The van der Waals surface area contributed by atoms with Crippen LogP contribution in [0.15, 0.2) is 30.4 Å². The Labute approximate surface area is 344 Å². The molecule has 0 radical (unpaired) electrons. The number of nitrogens with one attached hydrogen (secondary N) is 3. The summed E-state index contributed by atoms with van der Waals surface area (Å²) in [5.74, 6) is -10.7. The molecule has 2 aromatic rings. The van der Waals surface area contributed by atoms with Gasteiger partial charge in [-0.2, -0.15) is 14.0 Å². The predicted molar refractivity (Wildman–Crippen MR) is 205 cm³/mol. The van der Waals surface area contributed by atoms with Crippen LogP contribution in [0.25, 0.3) is 11.0 Å². The monoisotopic (exact) mass is 861 g/mol. The Morgan fingerprint density at radius 3 is 2.45 bits per heavy atom. The summed E-state index contributed by atoms with van der Waals surface area (Å²) < 4.78 is 99.7. The number of alkyl carbamates (subject to hydrolysis) is 1. The second-order valence-electron chi connectivity index (χ2n) is 17.8. The Hall–Kier alpha value is -5.06. The average Bonchev–Trinajstić information content (AvgIpc) is 4.12. The highest BCUT2D eigenvalue weighted by Gasteiger charge is 2.68. The first-order chi connectivity index (χ1) is 28.0. The highest BCUT2D eigenvalue weighted by Crippen LogP contribution is 2.50. The summed E-state index contributed by atoms with van der Waals surface area (Å²) in [5, 5.41) is 14.5. The number of alkyl halides is 4. The Morgan fingerprint density at radius 2 is 1.83 bits per heavy atom. The molecule has 5 aliphatic rings. The van der Waals surface area contributed by atoms with Gasteiger partial charge in [0.15, 0.2) is 5.69 Å². The zero-order chi connectivity index (χ0) is 43.7. The number of benzene rings is 1. The number of amides is 4. The second-order valence-corrected chi connectivity index (χ2v) is 20.0. The number of sulfonamides is 1. The largest absolute Gasteiger partial charge is 0.471 e. The number of halogens is 4. The van der Waals surface area contributed by atoms with Gasteiger partial charge < -0.3 is 25.0 Å². The highest BCUT2D eigenvalue weighted by molar-refractivity contribution is 7.91. The van der Waals surface area contributed by atoms with Crippen molar-refractivity contribution >= 4 is 44.9 Å². The maximum atomic E-state index is 16.2. The van der Waals surface area contributed by atoms with Gasteiger partial charge in [0, 0.05) is 5.92 Å². The van der Waals surface area contributed by atoms with E-state index in [2.05, 4.69) is 20.6 Å². The number of ether oxygens (including phenoxy) is 2. The normalized spacial score (nSPS) is 30.9. The smallest absolute Gasteiger partial charge is 0.408 e. The van der Waals surface area contributed by atoms with E-state index in [1.807, 2.05) is 10.8 Å². The van der Waals surface area contributed by atoms with Crippen LogP contribution in [-0.4, -0.2) is 94.6 Å². The Bertz CT molecular complexity index is 2300. The molecular formula is C40H47F4N7O8S. The Balaban J connectivity index is 1.31. The maximum absolute atomic E-state index is 16.2. The van der Waals surface area contributed by atoms with E-state index in [-0.39, 0.29) is 48.2 Å². The lowest BCUT2D eigenvalue weighted by Crippen LogP contribution is -2.61. The molecule has 4 amide bonds. The number of hydrogen-bond donors (Lipinski definition) is 3. The number of carbonyl (C=O) groups excluding carboxylic acids is 4. The average molecular weight is 862 g/mol. The van der Waals surface area contributed by atoms with Crippen molar-refractivity contribution in [3.8, 4) is 11.9 Å². The van der Waals surface area contributed by atoms with Crippen molar-refractivity contribution in [3.05, 3.63) is 41.6 Å². The van der Waals surface area contributed by atoms with Gasteiger partial charge in [-0.1, -0.05) is 33.8 Å². The molecule has 3 saturated carbocycles. The minimum Gasteiger partial charge on any atom is -0.471 e. The minimum absolute atomic E-state index is 0.0146. The third-order valence-electron chi connectivity index (χ3n) is 12.4.